The van der Waals surface area contributed by atoms with Crippen LogP contribution >= 0.6 is 11.6 Å². The predicted molar refractivity (Wildman–Crippen MR) is 105 cm³/mol. The van der Waals surface area contributed by atoms with Crippen molar-refractivity contribution in [3.05, 3.63) is 52.8 Å². The normalized spacial score (nSPS) is 15.2. The maximum Gasteiger partial charge on any atom is 0.258 e. The number of amides is 1. The molecule has 9 heteroatoms. The number of anilines is 1. The number of hydrogen-bond donors (Lipinski definition) is 1. The van der Waals surface area contributed by atoms with Crippen molar-refractivity contribution in [2.75, 3.05) is 25.5 Å². The van der Waals surface area contributed by atoms with Crippen molar-refractivity contribution in [1.82, 2.24) is 4.31 Å². The van der Waals surface area contributed by atoms with Crippen molar-refractivity contribution in [3.63, 3.8) is 0 Å². The third-order valence-corrected chi connectivity index (χ3v) is 6.67. The molecule has 1 aliphatic rings. The average Bonchev–Trinajstić information content (AvgIpc) is 2.70. The first kappa shape index (κ1) is 20.6. The summed E-state index contributed by atoms with van der Waals surface area (Å²) in [4.78, 5) is 12.5. The molecule has 28 heavy (non-hydrogen) atoms. The van der Waals surface area contributed by atoms with Crippen molar-refractivity contribution in [3.8, 4) is 5.75 Å². The van der Waals surface area contributed by atoms with E-state index in [0.29, 0.717) is 13.1 Å². The van der Waals surface area contributed by atoms with E-state index >= 15 is 0 Å². The van der Waals surface area contributed by atoms with Crippen LogP contribution in [0.4, 0.5) is 10.1 Å². The summed E-state index contributed by atoms with van der Waals surface area (Å²) in [7, 11) is -2.30. The van der Waals surface area contributed by atoms with Gasteiger partial charge in [-0.05, 0) is 49.2 Å². The van der Waals surface area contributed by atoms with Gasteiger partial charge >= 0.3 is 0 Å². The van der Waals surface area contributed by atoms with E-state index in [9.17, 15) is 17.6 Å². The highest BCUT2D eigenvalue weighted by Crippen LogP contribution is 2.30. The number of ether oxygens (including phenoxy) is 1. The number of nitrogens with zero attached hydrogens (tertiary/aromatic N) is 1. The Morgan fingerprint density at radius 3 is 2.54 bits per heavy atom. The van der Waals surface area contributed by atoms with Crippen molar-refractivity contribution in [2.24, 2.45) is 0 Å². The number of hydrogen-bond acceptors (Lipinski definition) is 4. The molecule has 1 heterocycles. The van der Waals surface area contributed by atoms with Crippen LogP contribution < -0.4 is 10.1 Å². The fourth-order valence-corrected chi connectivity index (χ4v) is 4.78. The molecule has 150 valence electrons. The molecule has 0 aromatic heterocycles. The lowest BCUT2D eigenvalue weighted by Crippen LogP contribution is -2.35. The quantitative estimate of drug-likeness (QED) is 0.786. The van der Waals surface area contributed by atoms with E-state index < -0.39 is 21.7 Å². The number of piperidine rings is 1. The zero-order valence-electron chi connectivity index (χ0n) is 15.2. The molecular weight excluding hydrogens is 407 g/mol. The molecule has 0 radical (unpaired) electrons. The summed E-state index contributed by atoms with van der Waals surface area (Å²) in [6, 6.07) is 7.83. The highest BCUT2D eigenvalue weighted by molar-refractivity contribution is 7.89. The van der Waals surface area contributed by atoms with Gasteiger partial charge in [-0.3, -0.25) is 4.79 Å². The van der Waals surface area contributed by atoms with Crippen LogP contribution in [0.25, 0.3) is 0 Å². The molecule has 2 aromatic rings. The van der Waals surface area contributed by atoms with Gasteiger partial charge in [0.05, 0.1) is 23.3 Å². The summed E-state index contributed by atoms with van der Waals surface area (Å²) in [5, 5.41) is 2.72. The van der Waals surface area contributed by atoms with E-state index in [4.69, 9.17) is 16.3 Å². The van der Waals surface area contributed by atoms with Crippen LogP contribution in [-0.4, -0.2) is 38.8 Å². The van der Waals surface area contributed by atoms with E-state index in [1.165, 1.54) is 41.7 Å². The fourth-order valence-electron chi connectivity index (χ4n) is 3.06. The van der Waals surface area contributed by atoms with E-state index in [-0.39, 0.29) is 26.9 Å². The first-order chi connectivity index (χ1) is 13.3. The molecule has 0 unspecified atom stereocenters. The van der Waals surface area contributed by atoms with Crippen LogP contribution in [0.15, 0.2) is 41.3 Å². The Morgan fingerprint density at radius 1 is 1.14 bits per heavy atom. The van der Waals surface area contributed by atoms with Gasteiger partial charge in [0.1, 0.15) is 11.6 Å². The Kier molecular flexibility index (Phi) is 6.22. The maximum atomic E-state index is 14.0. The number of benzene rings is 2. The van der Waals surface area contributed by atoms with Crippen LogP contribution in [0.3, 0.4) is 0 Å². The molecule has 1 amide bonds. The van der Waals surface area contributed by atoms with Crippen LogP contribution in [0, 0.1) is 5.82 Å². The van der Waals surface area contributed by atoms with Gasteiger partial charge in [-0.1, -0.05) is 18.0 Å². The summed E-state index contributed by atoms with van der Waals surface area (Å²) in [5.74, 6) is -1.24. The lowest BCUT2D eigenvalue weighted by molar-refractivity contribution is 0.102. The summed E-state index contributed by atoms with van der Waals surface area (Å²) in [6.45, 7) is 0.924. The third kappa shape index (κ3) is 4.29. The van der Waals surface area contributed by atoms with Crippen LogP contribution in [-0.2, 0) is 10.0 Å². The second kappa shape index (κ2) is 8.46. The van der Waals surface area contributed by atoms with Gasteiger partial charge in [0.25, 0.3) is 5.91 Å². The average molecular weight is 427 g/mol. The van der Waals surface area contributed by atoms with Crippen LogP contribution in [0.5, 0.6) is 5.75 Å². The highest BCUT2D eigenvalue weighted by atomic mass is 35.5. The van der Waals surface area contributed by atoms with Gasteiger partial charge in [0, 0.05) is 18.1 Å². The number of sulfonamides is 1. The van der Waals surface area contributed by atoms with Gasteiger partial charge in [-0.25, -0.2) is 12.8 Å². The molecule has 0 saturated carbocycles. The molecule has 0 bridgehead atoms. The van der Waals surface area contributed by atoms with Crippen LogP contribution in [0.1, 0.15) is 29.6 Å². The molecule has 3 rings (SSSR count). The molecule has 0 atom stereocenters. The van der Waals surface area contributed by atoms with Crippen molar-refractivity contribution < 1.29 is 22.3 Å². The number of carbonyl (C=O) groups excluding carboxylic acids is 1. The number of carbonyl (C=O) groups is 1. The molecule has 0 spiro atoms. The second-order valence-corrected chi connectivity index (χ2v) is 8.78. The SMILES string of the molecule is COc1ccc(S(=O)(=O)N2CCCCC2)cc1NC(=O)c1cc(Cl)ccc1F. The van der Waals surface area contributed by atoms with Gasteiger partial charge < -0.3 is 10.1 Å². The first-order valence-electron chi connectivity index (χ1n) is 8.77. The first-order valence-corrected chi connectivity index (χ1v) is 10.6. The molecule has 1 fully saturated rings. The topological polar surface area (TPSA) is 75.7 Å². The van der Waals surface area contributed by atoms with Gasteiger partial charge in [0.15, 0.2) is 0 Å². The minimum absolute atomic E-state index is 0.0390. The minimum Gasteiger partial charge on any atom is -0.495 e. The summed E-state index contributed by atoms with van der Waals surface area (Å²) >= 11 is 5.84. The summed E-state index contributed by atoms with van der Waals surface area (Å²) < 4.78 is 46.4. The molecule has 6 nitrogen and oxygen atoms in total. The Balaban J connectivity index is 1.93. The Hall–Kier alpha value is -2.16. The number of methoxy groups -OCH3 is 1. The lowest BCUT2D eigenvalue weighted by Gasteiger charge is -2.26. The standard InChI is InChI=1S/C19H20ClFN2O4S/c1-27-18-8-6-14(28(25,26)23-9-3-2-4-10-23)12-17(18)22-19(24)15-11-13(20)5-7-16(15)21/h5-8,11-12H,2-4,9-10H2,1H3,(H,22,24). The zero-order chi connectivity index (χ0) is 20.3. The van der Waals surface area contributed by atoms with E-state index in [0.717, 1.165) is 25.3 Å². The van der Waals surface area contributed by atoms with Gasteiger partial charge in [-0.2, -0.15) is 4.31 Å². The molecule has 1 aliphatic heterocycles. The second-order valence-electron chi connectivity index (χ2n) is 6.41. The van der Waals surface area contributed by atoms with Crippen LogP contribution in [0.2, 0.25) is 5.02 Å². The molecule has 2 aromatic carbocycles. The monoisotopic (exact) mass is 426 g/mol. The van der Waals surface area contributed by atoms with Gasteiger partial charge in [-0.15, -0.1) is 0 Å². The Morgan fingerprint density at radius 2 is 1.86 bits per heavy atom. The molecular formula is C19H20ClFN2O4S. The maximum absolute atomic E-state index is 14.0. The van der Waals surface area contributed by atoms with Gasteiger partial charge in [0.2, 0.25) is 10.0 Å². The Labute approximate surface area is 168 Å². The Bertz CT molecular complexity index is 991. The van der Waals surface area contributed by atoms with E-state index in [1.54, 1.807) is 0 Å². The molecule has 0 aliphatic carbocycles. The fraction of sp³-hybridized carbons (Fsp3) is 0.316. The van der Waals surface area contributed by atoms with E-state index in [1.807, 2.05) is 0 Å². The lowest BCUT2D eigenvalue weighted by atomic mass is 10.2. The van der Waals surface area contributed by atoms with Crippen molar-refractivity contribution in [2.45, 2.75) is 24.2 Å². The van der Waals surface area contributed by atoms with Crippen molar-refractivity contribution in [1.29, 1.82) is 0 Å². The minimum atomic E-state index is -3.69. The third-order valence-electron chi connectivity index (χ3n) is 4.54. The molecule has 1 saturated heterocycles. The van der Waals surface area contributed by atoms with E-state index in [2.05, 4.69) is 5.32 Å². The summed E-state index contributed by atoms with van der Waals surface area (Å²) in [5.41, 5.74) is -0.121. The number of halogens is 2. The van der Waals surface area contributed by atoms with Crippen molar-refractivity contribution >= 4 is 33.2 Å². The zero-order valence-corrected chi connectivity index (χ0v) is 16.8. The predicted octanol–water partition coefficient (Wildman–Crippen LogP) is 3.91. The smallest absolute Gasteiger partial charge is 0.258 e. The largest absolute Gasteiger partial charge is 0.495 e. The highest BCUT2D eigenvalue weighted by Gasteiger charge is 2.27. The molecule has 1 N–H and O–H groups in total. The number of rotatable bonds is 5. The summed E-state index contributed by atoms with van der Waals surface area (Å²) in [6.07, 6.45) is 2.63. The number of nitrogens with one attached hydrogen (secondary N) is 1.